The molecule has 2 N–H and O–H groups in total. The molecule has 2 aromatic rings. The fraction of sp³-hybridized carbons (Fsp3) is 0.235. The van der Waals surface area contributed by atoms with Crippen LogP contribution in [0.1, 0.15) is 29.8 Å². The van der Waals surface area contributed by atoms with Crippen molar-refractivity contribution >= 4 is 11.7 Å². The summed E-state index contributed by atoms with van der Waals surface area (Å²) in [5.74, 6) is -0.101. The van der Waals surface area contributed by atoms with Gasteiger partial charge < -0.3 is 15.2 Å². The van der Waals surface area contributed by atoms with E-state index in [2.05, 4.69) is 19.2 Å². The Hall–Kier alpha value is -2.49. The molecule has 2 aromatic carbocycles. The van der Waals surface area contributed by atoms with Gasteiger partial charge >= 0.3 is 5.97 Å². The standard InChI is InChI=1S/C17H19NO3/c1-17(2,13-6-10-15(21-3)11-7-13)18-14-8-4-12(5-9-14)16(19)20/h4-11,18H,1-3H3,(H,19,20). The first-order valence-electron chi connectivity index (χ1n) is 6.68. The molecule has 4 nitrogen and oxygen atoms in total. The van der Waals surface area contributed by atoms with Crippen LogP contribution < -0.4 is 10.1 Å². The van der Waals surface area contributed by atoms with Crippen LogP contribution in [0.3, 0.4) is 0 Å². The minimum atomic E-state index is -0.920. The van der Waals surface area contributed by atoms with Crippen molar-refractivity contribution in [2.75, 3.05) is 12.4 Å². The number of carboxylic acid groups (broad SMARTS) is 1. The van der Waals surface area contributed by atoms with Crippen LogP contribution in [0.2, 0.25) is 0 Å². The smallest absolute Gasteiger partial charge is 0.335 e. The highest BCUT2D eigenvalue weighted by Crippen LogP contribution is 2.27. The summed E-state index contributed by atoms with van der Waals surface area (Å²) in [4.78, 5) is 10.8. The number of hydrogen-bond donors (Lipinski definition) is 2. The molecule has 0 saturated carbocycles. The summed E-state index contributed by atoms with van der Waals surface area (Å²) in [5.41, 5.74) is 1.99. The Balaban J connectivity index is 2.17. The van der Waals surface area contributed by atoms with E-state index in [1.54, 1.807) is 31.4 Å². The van der Waals surface area contributed by atoms with Crippen LogP contribution >= 0.6 is 0 Å². The highest BCUT2D eigenvalue weighted by molar-refractivity contribution is 5.88. The topological polar surface area (TPSA) is 58.6 Å². The summed E-state index contributed by atoms with van der Waals surface area (Å²) in [6.45, 7) is 4.14. The summed E-state index contributed by atoms with van der Waals surface area (Å²) in [6, 6.07) is 14.6. The van der Waals surface area contributed by atoms with Gasteiger partial charge in [-0.2, -0.15) is 0 Å². The highest BCUT2D eigenvalue weighted by Gasteiger charge is 2.20. The Morgan fingerprint density at radius 3 is 2.10 bits per heavy atom. The lowest BCUT2D eigenvalue weighted by Crippen LogP contribution is -2.27. The van der Waals surface area contributed by atoms with Crippen molar-refractivity contribution in [1.29, 1.82) is 0 Å². The maximum absolute atomic E-state index is 10.8. The predicted octanol–water partition coefficient (Wildman–Crippen LogP) is 3.74. The van der Waals surface area contributed by atoms with E-state index in [-0.39, 0.29) is 11.1 Å². The number of benzene rings is 2. The minimum Gasteiger partial charge on any atom is -0.497 e. The normalized spacial score (nSPS) is 11.0. The van der Waals surface area contributed by atoms with Crippen LogP contribution in [0.25, 0.3) is 0 Å². The van der Waals surface area contributed by atoms with Crippen LogP contribution in [0.4, 0.5) is 5.69 Å². The van der Waals surface area contributed by atoms with Gasteiger partial charge in [-0.25, -0.2) is 4.79 Å². The number of carbonyl (C=O) groups is 1. The number of rotatable bonds is 5. The molecule has 0 spiro atoms. The SMILES string of the molecule is COc1ccc(C(C)(C)Nc2ccc(C(=O)O)cc2)cc1. The largest absolute Gasteiger partial charge is 0.497 e. The maximum atomic E-state index is 10.8. The van der Waals surface area contributed by atoms with E-state index in [1.165, 1.54) is 0 Å². The van der Waals surface area contributed by atoms with Gasteiger partial charge in [0.05, 0.1) is 18.2 Å². The molecule has 21 heavy (non-hydrogen) atoms. The number of ether oxygens (including phenoxy) is 1. The average molecular weight is 285 g/mol. The third kappa shape index (κ3) is 3.54. The molecule has 0 aliphatic carbocycles. The predicted molar refractivity (Wildman–Crippen MR) is 83.0 cm³/mol. The lowest BCUT2D eigenvalue weighted by molar-refractivity contribution is 0.0697. The second kappa shape index (κ2) is 5.87. The molecule has 0 radical (unpaired) electrons. The Morgan fingerprint density at radius 1 is 1.05 bits per heavy atom. The Bertz CT molecular complexity index is 615. The first-order chi connectivity index (χ1) is 9.92. The molecule has 0 aromatic heterocycles. The van der Waals surface area contributed by atoms with Crippen molar-refractivity contribution in [1.82, 2.24) is 0 Å². The molecule has 4 heteroatoms. The van der Waals surface area contributed by atoms with E-state index in [9.17, 15) is 4.79 Å². The molecule has 0 aliphatic rings. The molecular formula is C17H19NO3. The van der Waals surface area contributed by atoms with Crippen LogP contribution in [0, 0.1) is 0 Å². The molecule has 0 amide bonds. The van der Waals surface area contributed by atoms with Crippen LogP contribution in [-0.4, -0.2) is 18.2 Å². The zero-order valence-electron chi connectivity index (χ0n) is 12.4. The molecule has 0 saturated heterocycles. The summed E-state index contributed by atoms with van der Waals surface area (Å²) in [6.07, 6.45) is 0. The summed E-state index contributed by atoms with van der Waals surface area (Å²) in [5, 5.41) is 12.3. The van der Waals surface area contributed by atoms with Gasteiger partial charge in [-0.15, -0.1) is 0 Å². The molecular weight excluding hydrogens is 266 g/mol. The van der Waals surface area contributed by atoms with Gasteiger partial charge in [0.1, 0.15) is 5.75 Å². The number of nitrogens with one attached hydrogen (secondary N) is 1. The van der Waals surface area contributed by atoms with Gasteiger partial charge in [-0.05, 0) is 55.8 Å². The van der Waals surface area contributed by atoms with Crippen molar-refractivity contribution in [2.45, 2.75) is 19.4 Å². The Kier molecular flexibility index (Phi) is 4.17. The third-order valence-electron chi connectivity index (χ3n) is 3.40. The van der Waals surface area contributed by atoms with E-state index in [0.717, 1.165) is 17.0 Å². The van der Waals surface area contributed by atoms with E-state index < -0.39 is 5.97 Å². The number of aromatic carboxylic acids is 1. The maximum Gasteiger partial charge on any atom is 0.335 e. The van der Waals surface area contributed by atoms with Crippen molar-refractivity contribution in [2.24, 2.45) is 0 Å². The zero-order valence-corrected chi connectivity index (χ0v) is 12.4. The highest BCUT2D eigenvalue weighted by atomic mass is 16.5. The second-order valence-corrected chi connectivity index (χ2v) is 5.36. The van der Waals surface area contributed by atoms with Crippen molar-refractivity contribution < 1.29 is 14.6 Å². The van der Waals surface area contributed by atoms with Gasteiger partial charge in [0.2, 0.25) is 0 Å². The Labute approximate surface area is 124 Å². The number of anilines is 1. The molecule has 0 aliphatic heterocycles. The van der Waals surface area contributed by atoms with Crippen molar-refractivity contribution in [3.8, 4) is 5.75 Å². The minimum absolute atomic E-state index is 0.280. The Morgan fingerprint density at radius 2 is 1.62 bits per heavy atom. The van der Waals surface area contributed by atoms with Gasteiger partial charge in [-0.3, -0.25) is 0 Å². The molecule has 0 bridgehead atoms. The third-order valence-corrected chi connectivity index (χ3v) is 3.40. The van der Waals surface area contributed by atoms with E-state index in [1.807, 2.05) is 24.3 Å². The summed E-state index contributed by atoms with van der Waals surface area (Å²) >= 11 is 0. The molecule has 0 atom stereocenters. The fourth-order valence-corrected chi connectivity index (χ4v) is 2.14. The average Bonchev–Trinajstić information content (AvgIpc) is 2.47. The molecule has 0 heterocycles. The van der Waals surface area contributed by atoms with Gasteiger partial charge in [0.15, 0.2) is 0 Å². The van der Waals surface area contributed by atoms with Gasteiger partial charge in [0.25, 0.3) is 0 Å². The first kappa shape index (κ1) is 14.9. The number of methoxy groups -OCH3 is 1. The molecule has 0 unspecified atom stereocenters. The van der Waals surface area contributed by atoms with E-state index in [0.29, 0.717) is 0 Å². The zero-order chi connectivity index (χ0) is 15.5. The lowest BCUT2D eigenvalue weighted by atomic mass is 9.93. The summed E-state index contributed by atoms with van der Waals surface area (Å²) < 4.78 is 5.16. The van der Waals surface area contributed by atoms with E-state index in [4.69, 9.17) is 9.84 Å². The summed E-state index contributed by atoms with van der Waals surface area (Å²) in [7, 11) is 1.64. The van der Waals surface area contributed by atoms with E-state index >= 15 is 0 Å². The fourth-order valence-electron chi connectivity index (χ4n) is 2.14. The lowest BCUT2D eigenvalue weighted by Gasteiger charge is -2.28. The van der Waals surface area contributed by atoms with Crippen LogP contribution in [-0.2, 0) is 5.54 Å². The molecule has 2 rings (SSSR count). The monoisotopic (exact) mass is 285 g/mol. The van der Waals surface area contributed by atoms with Crippen LogP contribution in [0.5, 0.6) is 5.75 Å². The second-order valence-electron chi connectivity index (χ2n) is 5.36. The number of carboxylic acids is 1. The number of hydrogen-bond acceptors (Lipinski definition) is 3. The van der Waals surface area contributed by atoms with Crippen molar-refractivity contribution in [3.05, 3.63) is 59.7 Å². The molecule has 0 fully saturated rings. The quantitative estimate of drug-likeness (QED) is 0.878. The van der Waals surface area contributed by atoms with Crippen LogP contribution in [0.15, 0.2) is 48.5 Å². The molecule has 110 valence electrons. The van der Waals surface area contributed by atoms with Crippen molar-refractivity contribution in [3.63, 3.8) is 0 Å². The van der Waals surface area contributed by atoms with Gasteiger partial charge in [-0.1, -0.05) is 12.1 Å². The first-order valence-corrected chi connectivity index (χ1v) is 6.68. The van der Waals surface area contributed by atoms with Gasteiger partial charge in [0, 0.05) is 5.69 Å².